The number of carbonyl (C=O) groups excluding carboxylic acids is 1. The van der Waals surface area contributed by atoms with Crippen molar-refractivity contribution in [3.05, 3.63) is 34.9 Å². The van der Waals surface area contributed by atoms with E-state index in [0.29, 0.717) is 11.1 Å². The van der Waals surface area contributed by atoms with Crippen molar-refractivity contribution in [2.24, 2.45) is 0 Å². The molecule has 1 aromatic carbocycles. The first-order chi connectivity index (χ1) is 10.8. The first kappa shape index (κ1) is 19.2. The number of hydrogen-bond acceptors (Lipinski definition) is 3. The van der Waals surface area contributed by atoms with E-state index in [-0.39, 0.29) is 17.5 Å². The second kappa shape index (κ2) is 8.72. The van der Waals surface area contributed by atoms with Crippen molar-refractivity contribution in [2.75, 3.05) is 0 Å². The van der Waals surface area contributed by atoms with Crippen LogP contribution >= 0.6 is 0 Å². The minimum atomic E-state index is -0.303. The van der Waals surface area contributed by atoms with Crippen molar-refractivity contribution < 1.29 is 9.53 Å². The summed E-state index contributed by atoms with van der Waals surface area (Å²) in [6, 6.07) is 7.38. The first-order valence-corrected chi connectivity index (χ1v) is 8.55. The van der Waals surface area contributed by atoms with Crippen molar-refractivity contribution in [3.63, 3.8) is 0 Å². The van der Waals surface area contributed by atoms with Gasteiger partial charge in [0.1, 0.15) is 0 Å². The van der Waals surface area contributed by atoms with E-state index in [1.165, 1.54) is 19.3 Å². The van der Waals surface area contributed by atoms with E-state index in [9.17, 15) is 10.1 Å². The molecule has 0 amide bonds. The van der Waals surface area contributed by atoms with Gasteiger partial charge in [-0.1, -0.05) is 47.0 Å². The van der Waals surface area contributed by atoms with Gasteiger partial charge in [-0.25, -0.2) is 4.79 Å². The van der Waals surface area contributed by atoms with E-state index < -0.39 is 0 Å². The fraction of sp³-hybridized carbons (Fsp3) is 0.600. The molecule has 0 aliphatic carbocycles. The molecule has 0 bridgehead atoms. The number of hydrogen-bond donors (Lipinski definition) is 0. The van der Waals surface area contributed by atoms with Crippen LogP contribution in [0.3, 0.4) is 0 Å². The molecular weight excluding hydrogens is 286 g/mol. The molecule has 0 aliphatic rings. The predicted molar refractivity (Wildman–Crippen MR) is 93.5 cm³/mol. The third kappa shape index (κ3) is 6.06. The van der Waals surface area contributed by atoms with Crippen LogP contribution < -0.4 is 0 Å². The van der Waals surface area contributed by atoms with Gasteiger partial charge in [0, 0.05) is 0 Å². The zero-order valence-electron chi connectivity index (χ0n) is 15.1. The van der Waals surface area contributed by atoms with Gasteiger partial charge in [0.05, 0.1) is 23.3 Å². The molecule has 0 aliphatic heterocycles. The number of nitrogens with zero attached hydrogens (tertiary/aromatic N) is 1. The lowest BCUT2D eigenvalue weighted by Gasteiger charge is -2.21. The molecule has 3 heteroatoms. The van der Waals surface area contributed by atoms with Crippen molar-refractivity contribution in [2.45, 2.75) is 78.2 Å². The van der Waals surface area contributed by atoms with Crippen LogP contribution in [0.4, 0.5) is 0 Å². The van der Waals surface area contributed by atoms with E-state index in [2.05, 4.69) is 13.0 Å². The highest BCUT2D eigenvalue weighted by molar-refractivity contribution is 5.90. The largest absolute Gasteiger partial charge is 0.459 e. The highest BCUT2D eigenvalue weighted by Gasteiger charge is 2.21. The van der Waals surface area contributed by atoms with Crippen LogP contribution in [0.5, 0.6) is 0 Å². The molecule has 0 fully saturated rings. The van der Waals surface area contributed by atoms with Gasteiger partial charge in [0.15, 0.2) is 0 Å². The molecule has 0 heterocycles. The third-order valence-corrected chi connectivity index (χ3v) is 3.96. The Bertz CT molecular complexity index is 564. The summed E-state index contributed by atoms with van der Waals surface area (Å²) in [5.41, 5.74) is 1.83. The topological polar surface area (TPSA) is 50.1 Å². The quantitative estimate of drug-likeness (QED) is 0.502. The summed E-state index contributed by atoms with van der Waals surface area (Å²) in [5.74, 6) is -0.303. The van der Waals surface area contributed by atoms with Crippen molar-refractivity contribution >= 4 is 5.97 Å². The lowest BCUT2D eigenvalue weighted by molar-refractivity contribution is 0.0319. The first-order valence-electron chi connectivity index (χ1n) is 8.55. The Hall–Kier alpha value is -1.82. The normalized spacial score (nSPS) is 12.5. The smallest absolute Gasteiger partial charge is 0.338 e. The van der Waals surface area contributed by atoms with E-state index in [4.69, 9.17) is 4.74 Å². The van der Waals surface area contributed by atoms with Gasteiger partial charge in [-0.05, 0) is 48.9 Å². The lowest BCUT2D eigenvalue weighted by atomic mass is 9.83. The Morgan fingerprint density at radius 2 is 1.96 bits per heavy atom. The van der Waals surface area contributed by atoms with Gasteiger partial charge in [-0.15, -0.1) is 0 Å². The van der Waals surface area contributed by atoms with E-state index in [1.54, 1.807) is 18.2 Å². The maximum Gasteiger partial charge on any atom is 0.338 e. The number of rotatable bonds is 7. The zero-order chi connectivity index (χ0) is 17.5. The molecule has 0 saturated carbocycles. The fourth-order valence-corrected chi connectivity index (χ4v) is 2.56. The third-order valence-electron chi connectivity index (χ3n) is 3.96. The summed E-state index contributed by atoms with van der Waals surface area (Å²) < 4.78 is 5.54. The van der Waals surface area contributed by atoms with Crippen LogP contribution in [0.1, 0.15) is 88.2 Å². The summed E-state index contributed by atoms with van der Waals surface area (Å²) in [6.07, 6.45) is 5.52. The van der Waals surface area contributed by atoms with Gasteiger partial charge in [0.25, 0.3) is 0 Å². The molecule has 0 saturated heterocycles. The summed E-state index contributed by atoms with van der Waals surface area (Å²) >= 11 is 0. The number of esters is 1. The van der Waals surface area contributed by atoms with Gasteiger partial charge in [-0.3, -0.25) is 0 Å². The maximum atomic E-state index is 12.3. The van der Waals surface area contributed by atoms with Crippen LogP contribution in [0.2, 0.25) is 0 Å². The molecule has 1 rings (SSSR count). The summed E-state index contributed by atoms with van der Waals surface area (Å²) in [4.78, 5) is 12.3. The van der Waals surface area contributed by atoms with Gasteiger partial charge < -0.3 is 4.74 Å². The molecule has 1 atom stereocenters. The van der Waals surface area contributed by atoms with Gasteiger partial charge in [-0.2, -0.15) is 5.26 Å². The number of carbonyl (C=O) groups is 1. The Morgan fingerprint density at radius 1 is 1.26 bits per heavy atom. The number of nitriles is 1. The second-order valence-electron chi connectivity index (χ2n) is 7.19. The van der Waals surface area contributed by atoms with Crippen molar-refractivity contribution in [1.82, 2.24) is 0 Å². The zero-order valence-corrected chi connectivity index (χ0v) is 15.1. The maximum absolute atomic E-state index is 12.3. The van der Waals surface area contributed by atoms with Gasteiger partial charge in [0.2, 0.25) is 0 Å². The van der Waals surface area contributed by atoms with Gasteiger partial charge >= 0.3 is 5.97 Å². The van der Waals surface area contributed by atoms with Crippen molar-refractivity contribution in [1.29, 1.82) is 5.26 Å². The molecule has 0 aromatic heterocycles. The molecule has 0 spiro atoms. The van der Waals surface area contributed by atoms with Crippen LogP contribution in [0, 0.1) is 11.3 Å². The molecule has 0 N–H and O–H groups in total. The van der Waals surface area contributed by atoms with Crippen molar-refractivity contribution in [3.8, 4) is 6.07 Å². The van der Waals surface area contributed by atoms with Crippen LogP contribution in [0.15, 0.2) is 18.2 Å². The number of benzene rings is 1. The molecule has 23 heavy (non-hydrogen) atoms. The van der Waals surface area contributed by atoms with E-state index in [1.807, 2.05) is 27.7 Å². The monoisotopic (exact) mass is 315 g/mol. The standard InChI is InChI=1S/C20H29NO2/c1-6-7-8-9-10-15(2)23-19(22)16-11-12-17(14-21)18(13-16)20(3,4)5/h11-13,15H,6-10H2,1-5H3/t15-/m1/s1. The SMILES string of the molecule is CCCCCC[C@@H](C)OC(=O)c1ccc(C#N)c(C(C)(C)C)c1. The average molecular weight is 315 g/mol. The molecule has 3 nitrogen and oxygen atoms in total. The molecule has 0 unspecified atom stereocenters. The molecule has 126 valence electrons. The summed E-state index contributed by atoms with van der Waals surface area (Å²) in [7, 11) is 0. The summed E-state index contributed by atoms with van der Waals surface area (Å²) in [5, 5.41) is 9.23. The Kier molecular flexibility index (Phi) is 7.29. The minimum absolute atomic E-state index is 0.0758. The predicted octanol–water partition coefficient (Wildman–Crippen LogP) is 5.37. The Balaban J connectivity index is 2.75. The highest BCUT2D eigenvalue weighted by Crippen LogP contribution is 2.27. The Labute approximate surface area is 140 Å². The van der Waals surface area contributed by atoms with E-state index in [0.717, 1.165) is 18.4 Å². The van der Waals surface area contributed by atoms with Crippen LogP contribution in [0.25, 0.3) is 0 Å². The van der Waals surface area contributed by atoms with Crippen LogP contribution in [-0.4, -0.2) is 12.1 Å². The fourth-order valence-electron chi connectivity index (χ4n) is 2.56. The Morgan fingerprint density at radius 3 is 2.52 bits per heavy atom. The lowest BCUT2D eigenvalue weighted by Crippen LogP contribution is -2.18. The average Bonchev–Trinajstić information content (AvgIpc) is 2.50. The molecular formula is C20H29NO2. The van der Waals surface area contributed by atoms with E-state index >= 15 is 0 Å². The molecule has 1 aromatic rings. The minimum Gasteiger partial charge on any atom is -0.459 e. The summed E-state index contributed by atoms with van der Waals surface area (Å²) in [6.45, 7) is 10.2. The highest BCUT2D eigenvalue weighted by atomic mass is 16.5. The second-order valence-corrected chi connectivity index (χ2v) is 7.19. The molecule has 0 radical (unpaired) electrons. The number of unbranched alkanes of at least 4 members (excludes halogenated alkanes) is 3. The van der Waals surface area contributed by atoms with Crippen LogP contribution in [-0.2, 0) is 10.2 Å². The number of ether oxygens (including phenoxy) is 1.